The minimum absolute atomic E-state index is 0.0421. The number of nitrogens with zero attached hydrogens (tertiary/aromatic N) is 1. The quantitative estimate of drug-likeness (QED) is 0.804. The second kappa shape index (κ2) is 9.22. The van der Waals surface area contributed by atoms with E-state index in [9.17, 15) is 14.4 Å². The predicted molar refractivity (Wildman–Crippen MR) is 107 cm³/mol. The SMILES string of the molecule is COC(=O)c1cccc(NC(=O)C2CCC(C(=O)N3CCCC(C)C3)CC2)c1. The van der Waals surface area contributed by atoms with Gasteiger partial charge in [0.1, 0.15) is 0 Å². The highest BCUT2D eigenvalue weighted by Gasteiger charge is 2.33. The van der Waals surface area contributed by atoms with Crippen LogP contribution in [0.2, 0.25) is 0 Å². The second-order valence-corrected chi connectivity index (χ2v) is 8.14. The van der Waals surface area contributed by atoms with Crippen molar-refractivity contribution < 1.29 is 19.1 Å². The lowest BCUT2D eigenvalue weighted by molar-refractivity contribution is -0.139. The maximum absolute atomic E-state index is 12.8. The van der Waals surface area contributed by atoms with Crippen molar-refractivity contribution in [2.24, 2.45) is 17.8 Å². The Hall–Kier alpha value is -2.37. The summed E-state index contributed by atoms with van der Waals surface area (Å²) >= 11 is 0. The number of hydrogen-bond acceptors (Lipinski definition) is 4. The van der Waals surface area contributed by atoms with Crippen LogP contribution in [0.1, 0.15) is 55.8 Å². The van der Waals surface area contributed by atoms with E-state index in [1.54, 1.807) is 24.3 Å². The Morgan fingerprint density at radius 1 is 1.07 bits per heavy atom. The van der Waals surface area contributed by atoms with E-state index in [0.717, 1.165) is 45.2 Å². The molecule has 3 rings (SSSR count). The second-order valence-electron chi connectivity index (χ2n) is 8.14. The summed E-state index contributed by atoms with van der Waals surface area (Å²) in [6, 6.07) is 6.75. The number of anilines is 1. The van der Waals surface area contributed by atoms with Gasteiger partial charge in [0.15, 0.2) is 0 Å². The highest BCUT2D eigenvalue weighted by atomic mass is 16.5. The fraction of sp³-hybridized carbons (Fsp3) is 0.591. The summed E-state index contributed by atoms with van der Waals surface area (Å²) < 4.78 is 4.72. The number of carbonyl (C=O) groups excluding carboxylic acids is 3. The van der Waals surface area contributed by atoms with Gasteiger partial charge in [-0.2, -0.15) is 0 Å². The first kappa shape index (κ1) is 20.4. The molecule has 6 nitrogen and oxygen atoms in total. The van der Waals surface area contributed by atoms with Gasteiger partial charge >= 0.3 is 5.97 Å². The van der Waals surface area contributed by atoms with Crippen LogP contribution in [0.3, 0.4) is 0 Å². The molecule has 2 aliphatic rings. The highest BCUT2D eigenvalue weighted by Crippen LogP contribution is 2.32. The Labute approximate surface area is 166 Å². The van der Waals surface area contributed by atoms with Crippen LogP contribution >= 0.6 is 0 Å². The predicted octanol–water partition coefficient (Wildman–Crippen LogP) is 3.48. The summed E-state index contributed by atoms with van der Waals surface area (Å²) in [5.74, 6) is 0.349. The van der Waals surface area contributed by atoms with Crippen LogP contribution in [-0.2, 0) is 14.3 Å². The minimum atomic E-state index is -0.429. The van der Waals surface area contributed by atoms with Crippen molar-refractivity contribution in [3.8, 4) is 0 Å². The van der Waals surface area contributed by atoms with Crippen molar-refractivity contribution >= 4 is 23.5 Å². The molecule has 1 saturated carbocycles. The summed E-state index contributed by atoms with van der Waals surface area (Å²) in [5, 5.41) is 2.90. The van der Waals surface area contributed by atoms with Crippen LogP contribution in [0, 0.1) is 17.8 Å². The maximum Gasteiger partial charge on any atom is 0.337 e. The molecule has 1 saturated heterocycles. The zero-order chi connectivity index (χ0) is 20.1. The lowest BCUT2D eigenvalue weighted by Gasteiger charge is -2.35. The van der Waals surface area contributed by atoms with Gasteiger partial charge in [-0.15, -0.1) is 0 Å². The van der Waals surface area contributed by atoms with Crippen molar-refractivity contribution in [1.29, 1.82) is 0 Å². The third-order valence-electron chi connectivity index (χ3n) is 5.97. The Balaban J connectivity index is 1.51. The lowest BCUT2D eigenvalue weighted by Crippen LogP contribution is -2.43. The average molecular weight is 386 g/mol. The summed E-state index contributed by atoms with van der Waals surface area (Å²) in [7, 11) is 1.33. The van der Waals surface area contributed by atoms with Crippen LogP contribution in [0.5, 0.6) is 0 Å². The minimum Gasteiger partial charge on any atom is -0.465 e. The number of ether oxygens (including phenoxy) is 1. The number of piperidine rings is 1. The zero-order valence-corrected chi connectivity index (χ0v) is 16.8. The number of rotatable bonds is 4. The molecule has 1 aliphatic carbocycles. The molecule has 1 atom stereocenters. The molecule has 0 radical (unpaired) electrons. The molecule has 1 aromatic carbocycles. The molecule has 2 fully saturated rings. The maximum atomic E-state index is 12.8. The normalized spacial score (nSPS) is 25.1. The average Bonchev–Trinajstić information content (AvgIpc) is 2.73. The van der Waals surface area contributed by atoms with Crippen molar-refractivity contribution in [3.05, 3.63) is 29.8 Å². The van der Waals surface area contributed by atoms with E-state index >= 15 is 0 Å². The van der Waals surface area contributed by atoms with E-state index in [-0.39, 0.29) is 23.7 Å². The number of amides is 2. The smallest absolute Gasteiger partial charge is 0.337 e. The Morgan fingerprint density at radius 2 is 1.79 bits per heavy atom. The molecule has 1 aromatic rings. The van der Waals surface area contributed by atoms with Gasteiger partial charge in [-0.1, -0.05) is 13.0 Å². The molecule has 152 valence electrons. The van der Waals surface area contributed by atoms with Crippen LogP contribution in [0.25, 0.3) is 0 Å². The molecule has 1 unspecified atom stereocenters. The van der Waals surface area contributed by atoms with Crippen LogP contribution in [0.15, 0.2) is 24.3 Å². The number of esters is 1. The van der Waals surface area contributed by atoms with Crippen LogP contribution in [0.4, 0.5) is 5.69 Å². The van der Waals surface area contributed by atoms with Crippen molar-refractivity contribution in [2.75, 3.05) is 25.5 Å². The summed E-state index contributed by atoms with van der Waals surface area (Å²) in [6.45, 7) is 3.95. The number of methoxy groups -OCH3 is 1. The molecule has 1 N–H and O–H groups in total. The number of benzene rings is 1. The molecular weight excluding hydrogens is 356 g/mol. The van der Waals surface area contributed by atoms with Crippen molar-refractivity contribution in [1.82, 2.24) is 4.90 Å². The van der Waals surface area contributed by atoms with E-state index in [1.165, 1.54) is 13.5 Å². The third-order valence-corrected chi connectivity index (χ3v) is 5.97. The van der Waals surface area contributed by atoms with Crippen molar-refractivity contribution in [2.45, 2.75) is 45.4 Å². The number of nitrogens with one attached hydrogen (secondary N) is 1. The monoisotopic (exact) mass is 386 g/mol. The van der Waals surface area contributed by atoms with E-state index in [1.807, 2.05) is 4.90 Å². The molecule has 28 heavy (non-hydrogen) atoms. The Bertz CT molecular complexity index is 725. The van der Waals surface area contributed by atoms with Crippen LogP contribution < -0.4 is 5.32 Å². The fourth-order valence-corrected chi connectivity index (χ4v) is 4.34. The first-order valence-corrected chi connectivity index (χ1v) is 10.3. The zero-order valence-electron chi connectivity index (χ0n) is 16.8. The Kier molecular flexibility index (Phi) is 6.70. The van der Waals surface area contributed by atoms with Crippen LogP contribution in [-0.4, -0.2) is 42.9 Å². The summed E-state index contributed by atoms with van der Waals surface area (Å²) in [5.41, 5.74) is 0.999. The highest BCUT2D eigenvalue weighted by molar-refractivity contribution is 5.95. The standard InChI is InChI=1S/C22H30N2O4/c1-15-5-4-12-24(14-15)21(26)17-10-8-16(9-11-17)20(25)23-19-7-3-6-18(13-19)22(27)28-2/h3,6-7,13,15-17H,4-5,8-12,14H2,1-2H3,(H,23,25). The van der Waals surface area contributed by atoms with E-state index in [2.05, 4.69) is 12.2 Å². The number of carbonyl (C=O) groups is 3. The van der Waals surface area contributed by atoms with Gasteiger partial charge in [-0.25, -0.2) is 4.79 Å². The molecule has 2 amide bonds. The largest absolute Gasteiger partial charge is 0.465 e. The summed E-state index contributed by atoms with van der Waals surface area (Å²) in [4.78, 5) is 39.1. The summed E-state index contributed by atoms with van der Waals surface area (Å²) in [6.07, 6.45) is 5.28. The van der Waals surface area contributed by atoms with Gasteiger partial charge in [0.05, 0.1) is 12.7 Å². The molecular formula is C22H30N2O4. The van der Waals surface area contributed by atoms with E-state index < -0.39 is 5.97 Å². The van der Waals surface area contributed by atoms with Gasteiger partial charge in [-0.3, -0.25) is 9.59 Å². The lowest BCUT2D eigenvalue weighted by atomic mass is 9.80. The number of hydrogen-bond donors (Lipinski definition) is 1. The molecule has 0 aromatic heterocycles. The van der Waals surface area contributed by atoms with Gasteiger partial charge in [0.2, 0.25) is 11.8 Å². The molecule has 6 heteroatoms. The molecule has 0 spiro atoms. The topological polar surface area (TPSA) is 75.7 Å². The first-order chi connectivity index (χ1) is 13.5. The third kappa shape index (κ3) is 4.91. The van der Waals surface area contributed by atoms with Gasteiger partial charge in [0, 0.05) is 30.6 Å². The Morgan fingerprint density at radius 3 is 2.46 bits per heavy atom. The van der Waals surface area contributed by atoms with Gasteiger partial charge in [0.25, 0.3) is 0 Å². The first-order valence-electron chi connectivity index (χ1n) is 10.3. The molecule has 0 bridgehead atoms. The van der Waals surface area contributed by atoms with E-state index in [4.69, 9.17) is 4.74 Å². The molecule has 1 heterocycles. The van der Waals surface area contributed by atoms with Gasteiger partial charge < -0.3 is 15.0 Å². The number of likely N-dealkylation sites (tertiary alicyclic amines) is 1. The molecule has 1 aliphatic heterocycles. The fourth-order valence-electron chi connectivity index (χ4n) is 4.34. The van der Waals surface area contributed by atoms with Crippen molar-refractivity contribution in [3.63, 3.8) is 0 Å². The van der Waals surface area contributed by atoms with Gasteiger partial charge in [-0.05, 0) is 62.6 Å². The van der Waals surface area contributed by atoms with E-state index in [0.29, 0.717) is 17.2 Å².